The fraction of sp³-hybridized carbons (Fsp3) is 0.506. The van der Waals surface area contributed by atoms with Crippen molar-refractivity contribution in [2.75, 3.05) is 70.0 Å². The Kier molecular flexibility index (Phi) is 64.1. The Morgan fingerprint density at radius 1 is 0.602 bits per heavy atom. The average molecular weight is 1480 g/mol. The second-order valence-electron chi connectivity index (χ2n) is 22.9. The topological polar surface area (TPSA) is 273 Å². The van der Waals surface area contributed by atoms with Crippen molar-refractivity contribution in [3.05, 3.63) is 208 Å². The van der Waals surface area contributed by atoms with Crippen LogP contribution in [0.5, 0.6) is 0 Å². The third-order valence-electron chi connectivity index (χ3n) is 14.6. The van der Waals surface area contributed by atoms with Crippen LogP contribution in [0.15, 0.2) is 192 Å². The predicted molar refractivity (Wildman–Crippen MR) is 405 cm³/mol. The number of aliphatic hydroxyl groups is 7. The fourth-order valence-electron chi connectivity index (χ4n) is 9.45. The number of amides is 3. The Morgan fingerprint density at radius 2 is 1.06 bits per heavy atom. The van der Waals surface area contributed by atoms with E-state index in [1.165, 1.54) is 29.1 Å². The molecule has 8 rings (SSSR count). The number of aliphatic hydroxyl groups excluding tert-OH is 7. The van der Waals surface area contributed by atoms with Gasteiger partial charge >= 0.3 is 18.3 Å². The van der Waals surface area contributed by atoms with Crippen LogP contribution in [-0.4, -0.2) is 182 Å². The van der Waals surface area contributed by atoms with Crippen LogP contribution < -0.4 is 5.73 Å². The molecule has 98 heavy (non-hydrogen) atoms. The molecule has 10 atom stereocenters. The maximum Gasteiger partial charge on any atom is 0.410 e. The number of carbonyl (C=O) groups is 4. The Labute approximate surface area is 605 Å². The van der Waals surface area contributed by atoms with E-state index in [0.717, 1.165) is 92.5 Å². The molecule has 1 saturated heterocycles. The smallest absolute Gasteiger partial charge is 0.410 e. The summed E-state index contributed by atoms with van der Waals surface area (Å²) in [6.45, 7) is 28.4. The summed E-state index contributed by atoms with van der Waals surface area (Å²) in [5.74, 6) is 3.53. The summed E-state index contributed by atoms with van der Waals surface area (Å²) in [5.41, 5.74) is 7.77. The van der Waals surface area contributed by atoms with Gasteiger partial charge in [-0.3, -0.25) is 0 Å². The quantitative estimate of drug-likeness (QED) is 0.0136. The largest absolute Gasteiger partial charge is 0.445 e. The summed E-state index contributed by atoms with van der Waals surface area (Å²) < 4.78 is 15.8. The first kappa shape index (κ1) is 96.0. The monoisotopic (exact) mass is 1470 g/mol. The number of carbonyl (C=O) groups excluding carboxylic acids is 4. The van der Waals surface area contributed by atoms with Gasteiger partial charge in [0.2, 0.25) is 0 Å². The van der Waals surface area contributed by atoms with E-state index in [9.17, 15) is 39.9 Å². The lowest BCUT2D eigenvalue weighted by Gasteiger charge is -2.23. The minimum absolute atomic E-state index is 0. The Hall–Kier alpha value is -6.20. The lowest BCUT2D eigenvalue weighted by atomic mass is 10.1. The van der Waals surface area contributed by atoms with Crippen molar-refractivity contribution in [1.29, 1.82) is 0 Å². The van der Waals surface area contributed by atoms with E-state index in [-0.39, 0.29) is 57.5 Å². The molecule has 0 spiro atoms. The van der Waals surface area contributed by atoms with Crippen molar-refractivity contribution in [3.63, 3.8) is 0 Å². The number of hydrogen-bond donors (Lipinski definition) is 8. The van der Waals surface area contributed by atoms with Crippen molar-refractivity contribution >= 4 is 63.7 Å². The molecule has 10 unspecified atom stereocenters. The number of alkyl halides is 3. The highest BCUT2D eigenvalue weighted by Crippen LogP contribution is 2.48. The summed E-state index contributed by atoms with van der Waals surface area (Å²) in [4.78, 5) is 49.5. The summed E-state index contributed by atoms with van der Waals surface area (Å²) in [6.07, 6.45) is 26.5. The maximum absolute atomic E-state index is 12.0. The number of likely N-dealkylation sites (tertiary alicyclic amines) is 1. The summed E-state index contributed by atoms with van der Waals surface area (Å²) in [6, 6.07) is 28.6. The molecule has 3 aliphatic carbocycles. The van der Waals surface area contributed by atoms with E-state index in [1.54, 1.807) is 41.4 Å². The van der Waals surface area contributed by atoms with Gasteiger partial charge < -0.3 is 75.2 Å². The third kappa shape index (κ3) is 52.8. The maximum atomic E-state index is 12.0. The molecule has 3 aromatic carbocycles. The summed E-state index contributed by atoms with van der Waals surface area (Å²) in [5, 5.41) is 64.2. The second kappa shape index (κ2) is 65.4. The number of aldehydes is 1. The minimum Gasteiger partial charge on any atom is -0.445 e. The van der Waals surface area contributed by atoms with Gasteiger partial charge in [-0.25, -0.2) is 14.4 Å². The van der Waals surface area contributed by atoms with Gasteiger partial charge in [-0.2, -0.15) is 0 Å². The van der Waals surface area contributed by atoms with Crippen LogP contribution in [0.1, 0.15) is 114 Å². The molecule has 2 heterocycles. The Balaban J connectivity index is -0.00000109. The Morgan fingerprint density at radius 3 is 1.52 bits per heavy atom. The first-order valence-electron chi connectivity index (χ1n) is 33.0. The van der Waals surface area contributed by atoms with E-state index in [0.29, 0.717) is 89.0 Å². The molecule has 5 aliphatic rings. The molecule has 4 fully saturated rings. The summed E-state index contributed by atoms with van der Waals surface area (Å²) in [7, 11) is 1.00. The lowest BCUT2D eigenvalue weighted by molar-refractivity contribution is -0.105. The van der Waals surface area contributed by atoms with Crippen LogP contribution in [0.3, 0.4) is 0 Å². The van der Waals surface area contributed by atoms with E-state index < -0.39 is 30.5 Å². The molecule has 3 saturated carbocycles. The molecule has 3 amide bonds. The van der Waals surface area contributed by atoms with Gasteiger partial charge in [0.15, 0.2) is 0 Å². The van der Waals surface area contributed by atoms with Crippen LogP contribution in [0, 0.1) is 23.7 Å². The molecule has 21 heteroatoms. The number of halogens is 3. The lowest BCUT2D eigenvalue weighted by Crippen LogP contribution is -2.37. The number of nitrogens with two attached hydrogens (primary N) is 1. The molecule has 0 radical (unpaired) electrons. The number of unbranched alkanes of at least 4 members (excludes halogenated alkanes) is 1. The Bertz CT molecular complexity index is 2520. The number of fused-ring (bicyclic) bond motifs is 2. The predicted octanol–water partition coefficient (Wildman–Crippen LogP) is 14.1. The fourth-order valence-corrected chi connectivity index (χ4v) is 9.57. The zero-order valence-corrected chi connectivity index (χ0v) is 60.4. The molecule has 3 aromatic rings. The molecule has 0 bridgehead atoms. The number of nitrogens with zero attached hydrogens (tertiary/aromatic N) is 3. The molecule has 0 aromatic heterocycles. The molecule has 18 nitrogen and oxygen atoms in total. The average Bonchev–Trinajstić information content (AvgIpc) is 1.67. The van der Waals surface area contributed by atoms with Gasteiger partial charge in [0, 0.05) is 51.0 Å². The number of β-amino-alcohol motifs (C(OH)–C–C–N with tert-alkyl or cyclic N) is 2. The third-order valence-corrected chi connectivity index (χ3v) is 15.5. The minimum atomic E-state index is -0.642. The standard InChI is InChI=1S/C16H21NO3.C15H19NO3.C14H17NO3.C9H16O.C8H14O.C5H9ClO.C3H5Br.C3H7N.C2H3ClO.CH4O.CH4/c1-3-8-15(18)12-17(11-4-2)16(19)20-13-14-9-6-5-7-10-14;17-14-7-12-6-13(12)8-16(9-14)15(18)19-10-11-4-2-1-3-5-11;16-13-8-4-5-9-15(10-13)14(17)18-11-12-6-2-1-3-7-12;1-3-5-6-8-9(10)7-4-2;9-8-3-1-2-6-4-7(6)5-8;1-2-3-5(7)4-6;2*1-2-3-4;3-1-2-4;1-2;/h3-7,9-10,15,18H,1-2,8,11-13H2;1-5,12-14,17H,6-10H2;1-7,13,16H,8-11H2;3-4,9-10H,1-2,5-8H2;6-9H,1-5H2;2,5,7H,1,3-4H2;2H,1,3H2;2H,1,3-4H2;2H,1H2;2H,1H3;1H4. The highest BCUT2D eigenvalue weighted by Gasteiger charge is 2.43. The first-order chi connectivity index (χ1) is 46.9. The zero-order chi connectivity index (χ0) is 72.9. The van der Waals surface area contributed by atoms with Crippen molar-refractivity contribution in [2.24, 2.45) is 29.4 Å². The van der Waals surface area contributed by atoms with Crippen LogP contribution in [-0.2, 0) is 38.8 Å². The van der Waals surface area contributed by atoms with Gasteiger partial charge in [-0.1, -0.05) is 182 Å². The first-order valence-corrected chi connectivity index (χ1v) is 35.2. The molecular weight excluding hydrogens is 1360 g/mol. The van der Waals surface area contributed by atoms with Crippen LogP contribution in [0.4, 0.5) is 14.4 Å². The normalized spacial score (nSPS) is 19.2. The molecular formula is C77H119BrCl2N4O14. The van der Waals surface area contributed by atoms with Crippen molar-refractivity contribution in [3.8, 4) is 0 Å². The van der Waals surface area contributed by atoms with E-state index >= 15 is 0 Å². The highest BCUT2D eigenvalue weighted by molar-refractivity contribution is 9.09. The van der Waals surface area contributed by atoms with E-state index in [4.69, 9.17) is 58.2 Å². The van der Waals surface area contributed by atoms with Gasteiger partial charge in [-0.15, -0.1) is 69.3 Å². The highest BCUT2D eigenvalue weighted by atomic mass is 79.9. The van der Waals surface area contributed by atoms with Crippen molar-refractivity contribution < 1.29 is 69.1 Å². The van der Waals surface area contributed by atoms with Crippen molar-refractivity contribution in [2.45, 2.75) is 154 Å². The van der Waals surface area contributed by atoms with Crippen molar-refractivity contribution in [1.82, 2.24) is 14.7 Å². The van der Waals surface area contributed by atoms with E-state index in [1.807, 2.05) is 109 Å². The number of ether oxygens (including phenoxy) is 3. The number of hydrogen-bond acceptors (Lipinski definition) is 15. The van der Waals surface area contributed by atoms with Gasteiger partial charge in [-0.05, 0) is 117 Å². The van der Waals surface area contributed by atoms with Gasteiger partial charge in [0.1, 0.15) is 26.1 Å². The summed E-state index contributed by atoms with van der Waals surface area (Å²) >= 11 is 13.2. The molecule has 9 N–H and O–H groups in total. The SMILES string of the molecule is C.C=CCBr.C=CCC(O)CCl.C=CCC(O)CN(CC=C)C(=O)OCc1ccccc1.C=CCCCC(O)CC=C.C=CCN.CO.O=C(OCc1ccccc1)N1CC(O)CC2CC2C1.O=C(OCc1ccccc1)N1CC=CCC(O)C1.O=CCCl.OC1CCCC2CC2C1. The second-order valence-corrected chi connectivity index (χ2v) is 24.2. The van der Waals surface area contributed by atoms with Gasteiger partial charge in [0.25, 0.3) is 0 Å². The zero-order valence-electron chi connectivity index (χ0n) is 57.3. The van der Waals surface area contributed by atoms with Gasteiger partial charge in [0.05, 0.1) is 55.6 Å². The molecule has 2 aliphatic heterocycles. The van der Waals surface area contributed by atoms with E-state index in [2.05, 4.69) is 62.0 Å². The van der Waals surface area contributed by atoms with Crippen LogP contribution >= 0.6 is 39.1 Å². The number of allylic oxidation sites excluding steroid dienone is 2. The van der Waals surface area contributed by atoms with Crippen LogP contribution in [0.2, 0.25) is 0 Å². The molecule has 552 valence electrons. The van der Waals surface area contributed by atoms with Crippen LogP contribution in [0.25, 0.3) is 0 Å². The number of benzene rings is 3. The number of rotatable bonds is 24.